The lowest BCUT2D eigenvalue weighted by molar-refractivity contribution is 0.146. The Bertz CT molecular complexity index is 364. The van der Waals surface area contributed by atoms with Crippen LogP contribution in [0.2, 0.25) is 0 Å². The molecule has 0 saturated carbocycles. The number of hydrogen-bond acceptors (Lipinski definition) is 2. The maximum Gasteiger partial charge on any atom is 0.267 e. The molecular formula is C7H6BrF2NO2. The highest BCUT2D eigenvalue weighted by Gasteiger charge is 2.19. The molecule has 0 atom stereocenters. The Kier molecular flexibility index (Phi) is 3.02. The number of halogens is 3. The van der Waals surface area contributed by atoms with Crippen LogP contribution in [0.5, 0.6) is 5.75 Å². The first-order chi connectivity index (χ1) is 6.07. The molecule has 72 valence electrons. The van der Waals surface area contributed by atoms with Gasteiger partial charge in [0.1, 0.15) is 5.75 Å². The van der Waals surface area contributed by atoms with E-state index >= 15 is 0 Å². The zero-order valence-corrected chi connectivity index (χ0v) is 7.94. The fraction of sp³-hybridized carbons (Fsp3) is 0.286. The Labute approximate surface area is 80.5 Å². The zero-order valence-electron chi connectivity index (χ0n) is 6.35. The van der Waals surface area contributed by atoms with E-state index in [1.165, 1.54) is 0 Å². The Morgan fingerprint density at radius 1 is 1.62 bits per heavy atom. The Morgan fingerprint density at radius 2 is 2.23 bits per heavy atom. The van der Waals surface area contributed by atoms with E-state index in [2.05, 4.69) is 20.9 Å². The van der Waals surface area contributed by atoms with Crippen molar-refractivity contribution in [3.63, 3.8) is 0 Å². The third-order valence-electron chi connectivity index (χ3n) is 1.57. The van der Waals surface area contributed by atoms with Gasteiger partial charge >= 0.3 is 0 Å². The highest BCUT2D eigenvalue weighted by atomic mass is 79.9. The summed E-state index contributed by atoms with van der Waals surface area (Å²) >= 11 is 2.90. The van der Waals surface area contributed by atoms with Crippen LogP contribution in [-0.2, 0) is 5.33 Å². The first kappa shape index (κ1) is 10.2. The lowest BCUT2D eigenvalue weighted by atomic mass is 10.1. The molecule has 3 nitrogen and oxygen atoms in total. The number of alkyl halides is 3. The molecule has 2 N–H and O–H groups in total. The Morgan fingerprint density at radius 3 is 2.62 bits per heavy atom. The van der Waals surface area contributed by atoms with Crippen molar-refractivity contribution >= 4 is 15.9 Å². The van der Waals surface area contributed by atoms with E-state index in [4.69, 9.17) is 5.11 Å². The van der Waals surface area contributed by atoms with Gasteiger partial charge in [0.25, 0.3) is 12.0 Å². The van der Waals surface area contributed by atoms with Crippen LogP contribution in [0.25, 0.3) is 0 Å². The van der Waals surface area contributed by atoms with Crippen molar-refractivity contribution < 1.29 is 13.9 Å². The van der Waals surface area contributed by atoms with E-state index in [0.29, 0.717) is 0 Å². The van der Waals surface area contributed by atoms with Crippen LogP contribution in [0.15, 0.2) is 11.0 Å². The minimum Gasteiger partial charge on any atom is -0.506 e. The normalized spacial score (nSPS) is 10.8. The second-order valence-electron chi connectivity index (χ2n) is 2.33. The second-order valence-corrected chi connectivity index (χ2v) is 2.89. The number of pyridine rings is 1. The van der Waals surface area contributed by atoms with E-state index in [1.54, 1.807) is 0 Å². The van der Waals surface area contributed by atoms with Gasteiger partial charge < -0.3 is 10.1 Å². The van der Waals surface area contributed by atoms with E-state index in [1.807, 2.05) is 0 Å². The molecule has 0 aliphatic rings. The largest absolute Gasteiger partial charge is 0.506 e. The van der Waals surface area contributed by atoms with Gasteiger partial charge in [-0.3, -0.25) is 4.79 Å². The molecule has 0 amide bonds. The van der Waals surface area contributed by atoms with Gasteiger partial charge in [0.05, 0.1) is 5.56 Å². The van der Waals surface area contributed by atoms with Gasteiger partial charge in [0.2, 0.25) is 0 Å². The average molecular weight is 254 g/mol. The quantitative estimate of drug-likeness (QED) is 0.792. The lowest BCUT2D eigenvalue weighted by Crippen LogP contribution is -2.14. The molecule has 0 spiro atoms. The maximum atomic E-state index is 12.3. The molecule has 0 radical (unpaired) electrons. The summed E-state index contributed by atoms with van der Waals surface area (Å²) in [6, 6.07) is 0. The number of H-pyrrole nitrogens is 1. The molecule has 0 bridgehead atoms. The topological polar surface area (TPSA) is 53.1 Å². The van der Waals surface area contributed by atoms with Crippen LogP contribution in [-0.4, -0.2) is 10.1 Å². The van der Waals surface area contributed by atoms with Crippen LogP contribution >= 0.6 is 15.9 Å². The minimum atomic E-state index is -2.85. The van der Waals surface area contributed by atoms with Crippen LogP contribution in [0.4, 0.5) is 8.78 Å². The highest BCUT2D eigenvalue weighted by molar-refractivity contribution is 9.08. The first-order valence-corrected chi connectivity index (χ1v) is 4.47. The van der Waals surface area contributed by atoms with Gasteiger partial charge in [0.15, 0.2) is 0 Å². The highest BCUT2D eigenvalue weighted by Crippen LogP contribution is 2.29. The van der Waals surface area contributed by atoms with Gasteiger partial charge in [-0.15, -0.1) is 0 Å². The van der Waals surface area contributed by atoms with Gasteiger partial charge in [-0.2, -0.15) is 0 Å². The number of nitrogens with one attached hydrogen (secondary N) is 1. The standard InChI is InChI=1S/C7H6BrF2NO2/c8-1-3-5(6(9)10)4(12)2-11-7(3)13/h2,6,12H,1H2,(H,11,13). The summed E-state index contributed by atoms with van der Waals surface area (Å²) in [7, 11) is 0. The number of hydrogen-bond donors (Lipinski definition) is 2. The SMILES string of the molecule is O=c1[nH]cc(O)c(C(F)F)c1CBr. The Balaban J connectivity index is 3.44. The maximum absolute atomic E-state index is 12.3. The molecular weight excluding hydrogens is 248 g/mol. The molecule has 0 aliphatic carbocycles. The third-order valence-corrected chi connectivity index (χ3v) is 2.13. The van der Waals surface area contributed by atoms with Gasteiger partial charge in [-0.05, 0) is 0 Å². The smallest absolute Gasteiger partial charge is 0.267 e. The van der Waals surface area contributed by atoms with E-state index < -0.39 is 23.3 Å². The van der Waals surface area contributed by atoms with Crippen LogP contribution in [0, 0.1) is 0 Å². The number of rotatable bonds is 2. The van der Waals surface area contributed by atoms with Crippen molar-refractivity contribution in [2.75, 3.05) is 0 Å². The van der Waals surface area contributed by atoms with Crippen LogP contribution < -0.4 is 5.56 Å². The molecule has 6 heteroatoms. The summed E-state index contributed by atoms with van der Waals surface area (Å²) in [5, 5.41) is 9.03. The summed E-state index contributed by atoms with van der Waals surface area (Å²) in [4.78, 5) is 13.1. The van der Waals surface area contributed by atoms with Gasteiger partial charge in [0, 0.05) is 17.1 Å². The van der Waals surface area contributed by atoms with Crippen molar-refractivity contribution in [1.82, 2.24) is 4.98 Å². The van der Waals surface area contributed by atoms with Crippen molar-refractivity contribution in [3.05, 3.63) is 27.7 Å². The summed E-state index contributed by atoms with van der Waals surface area (Å²) in [5.41, 5.74) is -1.37. The van der Waals surface area contributed by atoms with E-state index in [9.17, 15) is 13.6 Å². The molecule has 13 heavy (non-hydrogen) atoms. The monoisotopic (exact) mass is 253 g/mol. The van der Waals surface area contributed by atoms with Crippen molar-refractivity contribution in [3.8, 4) is 5.75 Å². The summed E-state index contributed by atoms with van der Waals surface area (Å²) in [6.45, 7) is 0. The molecule has 1 aromatic heterocycles. The number of aromatic hydroxyl groups is 1. The second kappa shape index (κ2) is 3.87. The molecule has 0 aromatic carbocycles. The van der Waals surface area contributed by atoms with Gasteiger partial charge in [-0.25, -0.2) is 8.78 Å². The van der Waals surface area contributed by atoms with Gasteiger partial charge in [-0.1, -0.05) is 15.9 Å². The fourth-order valence-corrected chi connectivity index (χ4v) is 1.51. The average Bonchev–Trinajstić information content (AvgIpc) is 2.07. The molecule has 0 aliphatic heterocycles. The van der Waals surface area contributed by atoms with Crippen molar-refractivity contribution in [1.29, 1.82) is 0 Å². The predicted molar refractivity (Wildman–Crippen MR) is 46.3 cm³/mol. The molecule has 0 unspecified atom stereocenters. The Hall–Kier alpha value is -0.910. The molecule has 1 heterocycles. The van der Waals surface area contributed by atoms with Crippen LogP contribution in [0.1, 0.15) is 17.6 Å². The zero-order chi connectivity index (χ0) is 10.0. The number of aromatic amines is 1. The molecule has 0 fully saturated rings. The minimum absolute atomic E-state index is 0.0175. The molecule has 1 rings (SSSR count). The van der Waals surface area contributed by atoms with E-state index in [0.717, 1.165) is 6.20 Å². The van der Waals surface area contributed by atoms with E-state index in [-0.39, 0.29) is 10.9 Å². The summed E-state index contributed by atoms with van der Waals surface area (Å²) in [6.07, 6.45) is -1.99. The summed E-state index contributed by atoms with van der Waals surface area (Å²) in [5.74, 6) is -0.593. The third kappa shape index (κ3) is 1.88. The lowest BCUT2D eigenvalue weighted by Gasteiger charge is -2.06. The van der Waals surface area contributed by atoms with Crippen LogP contribution in [0.3, 0.4) is 0 Å². The summed E-state index contributed by atoms with van der Waals surface area (Å²) < 4.78 is 24.6. The van der Waals surface area contributed by atoms with Crippen molar-refractivity contribution in [2.45, 2.75) is 11.8 Å². The number of aromatic nitrogens is 1. The molecule has 1 aromatic rings. The first-order valence-electron chi connectivity index (χ1n) is 3.35. The van der Waals surface area contributed by atoms with Crippen molar-refractivity contribution in [2.24, 2.45) is 0 Å². The predicted octanol–water partition coefficient (Wildman–Crippen LogP) is 1.91. The molecule has 0 saturated heterocycles. The fourth-order valence-electron chi connectivity index (χ4n) is 0.952.